The smallest absolute Gasteiger partial charge is 0.130 e. The molecule has 0 radical (unpaired) electrons. The van der Waals surface area contributed by atoms with E-state index in [1.165, 1.54) is 24.3 Å². The van der Waals surface area contributed by atoms with Gasteiger partial charge in [0.25, 0.3) is 0 Å². The second kappa shape index (κ2) is 6.09. The lowest BCUT2D eigenvalue weighted by atomic mass is 9.96. The Labute approximate surface area is 116 Å². The molecular weight excluding hydrogens is 263 g/mol. The maximum absolute atomic E-state index is 13.8. The van der Waals surface area contributed by atoms with Crippen LogP contribution in [-0.2, 0) is 6.42 Å². The van der Waals surface area contributed by atoms with Gasteiger partial charge in [0.15, 0.2) is 0 Å². The van der Waals surface area contributed by atoms with Crippen molar-refractivity contribution >= 4 is 0 Å². The topological polar surface area (TPSA) is 12.0 Å². The Morgan fingerprint density at radius 2 is 1.65 bits per heavy atom. The Morgan fingerprint density at radius 3 is 2.25 bits per heavy atom. The van der Waals surface area contributed by atoms with Crippen molar-refractivity contribution in [1.82, 2.24) is 5.32 Å². The third-order valence-electron chi connectivity index (χ3n) is 3.42. The van der Waals surface area contributed by atoms with Crippen LogP contribution in [0.15, 0.2) is 36.4 Å². The summed E-state index contributed by atoms with van der Waals surface area (Å²) in [6.07, 6.45) is 0.505. The predicted octanol–water partition coefficient (Wildman–Crippen LogP) is 3.92. The SMILES string of the molecule is CNC(Cc1ccc(F)cc1C)c1ccc(F)cc1F. The molecule has 0 saturated carbocycles. The minimum atomic E-state index is -0.598. The molecule has 0 heterocycles. The molecule has 20 heavy (non-hydrogen) atoms. The fourth-order valence-corrected chi connectivity index (χ4v) is 2.26. The monoisotopic (exact) mass is 279 g/mol. The van der Waals surface area contributed by atoms with Crippen molar-refractivity contribution in [3.8, 4) is 0 Å². The molecule has 1 N–H and O–H groups in total. The predicted molar refractivity (Wildman–Crippen MR) is 73.0 cm³/mol. The Morgan fingerprint density at radius 1 is 1.00 bits per heavy atom. The summed E-state index contributed by atoms with van der Waals surface area (Å²) in [5.41, 5.74) is 2.14. The average molecular weight is 279 g/mol. The molecule has 1 atom stereocenters. The fourth-order valence-electron chi connectivity index (χ4n) is 2.26. The highest BCUT2D eigenvalue weighted by molar-refractivity contribution is 5.30. The van der Waals surface area contributed by atoms with Gasteiger partial charge in [0, 0.05) is 17.7 Å². The second-order valence-corrected chi connectivity index (χ2v) is 4.78. The lowest BCUT2D eigenvalue weighted by molar-refractivity contribution is 0.520. The molecule has 2 rings (SSSR count). The van der Waals surface area contributed by atoms with Gasteiger partial charge in [-0.2, -0.15) is 0 Å². The van der Waals surface area contributed by atoms with Gasteiger partial charge < -0.3 is 5.32 Å². The van der Waals surface area contributed by atoms with Crippen LogP contribution in [0.25, 0.3) is 0 Å². The molecule has 106 valence electrons. The van der Waals surface area contributed by atoms with E-state index in [9.17, 15) is 13.2 Å². The zero-order chi connectivity index (χ0) is 14.7. The van der Waals surface area contributed by atoms with Crippen molar-refractivity contribution in [2.45, 2.75) is 19.4 Å². The van der Waals surface area contributed by atoms with Crippen molar-refractivity contribution in [2.75, 3.05) is 7.05 Å². The maximum Gasteiger partial charge on any atom is 0.130 e. The van der Waals surface area contributed by atoms with Crippen LogP contribution in [-0.4, -0.2) is 7.05 Å². The van der Waals surface area contributed by atoms with Crippen LogP contribution in [0.2, 0.25) is 0 Å². The van der Waals surface area contributed by atoms with Crippen molar-refractivity contribution < 1.29 is 13.2 Å². The first-order valence-electron chi connectivity index (χ1n) is 6.38. The van der Waals surface area contributed by atoms with Crippen LogP contribution in [0.5, 0.6) is 0 Å². The highest BCUT2D eigenvalue weighted by atomic mass is 19.1. The van der Waals surface area contributed by atoms with Crippen molar-refractivity contribution in [3.05, 3.63) is 70.5 Å². The fraction of sp³-hybridized carbons (Fsp3) is 0.250. The van der Waals surface area contributed by atoms with Crippen LogP contribution in [0, 0.1) is 24.4 Å². The summed E-state index contributed by atoms with van der Waals surface area (Å²) in [4.78, 5) is 0. The van der Waals surface area contributed by atoms with E-state index in [0.717, 1.165) is 17.2 Å². The number of nitrogens with one attached hydrogen (secondary N) is 1. The molecule has 0 spiro atoms. The minimum Gasteiger partial charge on any atom is -0.313 e. The van der Waals surface area contributed by atoms with E-state index in [2.05, 4.69) is 5.32 Å². The zero-order valence-electron chi connectivity index (χ0n) is 11.4. The molecule has 0 aliphatic heterocycles. The summed E-state index contributed by atoms with van der Waals surface area (Å²) in [5, 5.41) is 3.01. The summed E-state index contributed by atoms with van der Waals surface area (Å²) in [7, 11) is 1.71. The third-order valence-corrected chi connectivity index (χ3v) is 3.42. The Hall–Kier alpha value is -1.81. The molecule has 0 amide bonds. The molecule has 2 aromatic carbocycles. The maximum atomic E-state index is 13.8. The van der Waals surface area contributed by atoms with Crippen LogP contribution in [0.3, 0.4) is 0 Å². The highest BCUT2D eigenvalue weighted by Gasteiger charge is 2.16. The third kappa shape index (κ3) is 3.20. The molecule has 4 heteroatoms. The van der Waals surface area contributed by atoms with Gasteiger partial charge in [0.2, 0.25) is 0 Å². The standard InChI is InChI=1S/C16H16F3N/c1-10-7-12(17)4-3-11(10)8-16(20-2)14-6-5-13(18)9-15(14)19/h3-7,9,16,20H,8H2,1-2H3. The van der Waals surface area contributed by atoms with Crippen molar-refractivity contribution in [3.63, 3.8) is 0 Å². The first kappa shape index (κ1) is 14.6. The number of likely N-dealkylation sites (N-methyl/N-ethyl adjacent to an activating group) is 1. The molecule has 1 unspecified atom stereocenters. The number of aryl methyl sites for hydroxylation is 1. The molecule has 2 aromatic rings. The number of hydrogen-bond donors (Lipinski definition) is 1. The van der Waals surface area contributed by atoms with Gasteiger partial charge >= 0.3 is 0 Å². The molecule has 0 aliphatic rings. The van der Waals surface area contributed by atoms with Gasteiger partial charge in [0.1, 0.15) is 17.5 Å². The van der Waals surface area contributed by atoms with Crippen LogP contribution >= 0.6 is 0 Å². The Kier molecular flexibility index (Phi) is 4.45. The van der Waals surface area contributed by atoms with E-state index in [4.69, 9.17) is 0 Å². The van der Waals surface area contributed by atoms with E-state index >= 15 is 0 Å². The van der Waals surface area contributed by atoms with Gasteiger partial charge in [-0.25, -0.2) is 13.2 Å². The van der Waals surface area contributed by atoms with Gasteiger partial charge in [-0.1, -0.05) is 12.1 Å². The molecule has 1 nitrogen and oxygen atoms in total. The van der Waals surface area contributed by atoms with Crippen LogP contribution in [0.4, 0.5) is 13.2 Å². The number of rotatable bonds is 4. The quantitative estimate of drug-likeness (QED) is 0.894. The van der Waals surface area contributed by atoms with Gasteiger partial charge in [-0.3, -0.25) is 0 Å². The first-order chi connectivity index (χ1) is 9.51. The first-order valence-corrected chi connectivity index (χ1v) is 6.38. The van der Waals surface area contributed by atoms with Gasteiger partial charge in [0.05, 0.1) is 0 Å². The van der Waals surface area contributed by atoms with E-state index in [1.807, 2.05) is 6.92 Å². The van der Waals surface area contributed by atoms with Crippen LogP contribution < -0.4 is 5.32 Å². The number of benzene rings is 2. The van der Waals surface area contributed by atoms with Gasteiger partial charge in [-0.15, -0.1) is 0 Å². The summed E-state index contributed by atoms with van der Waals surface area (Å²) in [6.45, 7) is 1.81. The lowest BCUT2D eigenvalue weighted by Crippen LogP contribution is -2.20. The summed E-state index contributed by atoms with van der Waals surface area (Å²) in [6, 6.07) is 7.78. The molecule has 0 aliphatic carbocycles. The second-order valence-electron chi connectivity index (χ2n) is 4.78. The van der Waals surface area contributed by atoms with E-state index in [-0.39, 0.29) is 11.9 Å². The Balaban J connectivity index is 2.28. The molecule has 0 saturated heterocycles. The molecule has 0 bridgehead atoms. The molecule has 0 fully saturated rings. The van der Waals surface area contributed by atoms with E-state index in [1.54, 1.807) is 13.1 Å². The molecular formula is C16H16F3N. The van der Waals surface area contributed by atoms with E-state index < -0.39 is 11.6 Å². The number of halogens is 3. The minimum absolute atomic E-state index is 0.291. The average Bonchev–Trinajstić information content (AvgIpc) is 2.39. The molecule has 0 aromatic heterocycles. The largest absolute Gasteiger partial charge is 0.313 e. The van der Waals surface area contributed by atoms with Crippen molar-refractivity contribution in [2.24, 2.45) is 0 Å². The highest BCUT2D eigenvalue weighted by Crippen LogP contribution is 2.23. The van der Waals surface area contributed by atoms with Crippen molar-refractivity contribution in [1.29, 1.82) is 0 Å². The van der Waals surface area contributed by atoms with E-state index in [0.29, 0.717) is 12.0 Å². The summed E-state index contributed by atoms with van der Waals surface area (Å²) >= 11 is 0. The summed E-state index contributed by atoms with van der Waals surface area (Å²) in [5.74, 6) is -1.47. The lowest BCUT2D eigenvalue weighted by Gasteiger charge is -2.18. The van der Waals surface area contributed by atoms with Gasteiger partial charge in [-0.05, 0) is 49.7 Å². The normalized spacial score (nSPS) is 12.4. The summed E-state index contributed by atoms with van der Waals surface area (Å²) < 4.78 is 39.8. The van der Waals surface area contributed by atoms with Crippen LogP contribution in [0.1, 0.15) is 22.7 Å². The zero-order valence-corrected chi connectivity index (χ0v) is 11.4. The number of hydrogen-bond acceptors (Lipinski definition) is 1. The Bertz CT molecular complexity index is 611.